The highest BCUT2D eigenvalue weighted by molar-refractivity contribution is 5.36. The quantitative estimate of drug-likeness (QED) is 0.563. The van der Waals surface area contributed by atoms with Gasteiger partial charge in [0.1, 0.15) is 12.4 Å². The van der Waals surface area contributed by atoms with E-state index in [2.05, 4.69) is 57.8 Å². The molecular formula is C17H27NO. The Morgan fingerprint density at radius 3 is 2.68 bits per heavy atom. The van der Waals surface area contributed by atoms with Gasteiger partial charge in [0, 0.05) is 6.54 Å². The summed E-state index contributed by atoms with van der Waals surface area (Å²) in [6.45, 7) is 15.2. The molecule has 0 amide bonds. The highest BCUT2D eigenvalue weighted by atomic mass is 16.5. The lowest BCUT2D eigenvalue weighted by atomic mass is 9.98. The normalized spacial score (nSPS) is 10.8. The first-order chi connectivity index (χ1) is 9.04. The first-order valence-electron chi connectivity index (χ1n) is 7.15. The van der Waals surface area contributed by atoms with Crippen molar-refractivity contribution in [3.8, 4) is 5.75 Å². The number of hydrogen-bond acceptors (Lipinski definition) is 2. The van der Waals surface area contributed by atoms with Crippen molar-refractivity contribution in [1.29, 1.82) is 0 Å². The van der Waals surface area contributed by atoms with Gasteiger partial charge in [-0.05, 0) is 54.6 Å². The summed E-state index contributed by atoms with van der Waals surface area (Å²) in [6, 6.07) is 6.32. The molecule has 0 atom stereocenters. The molecule has 1 rings (SSSR count). The Kier molecular flexibility index (Phi) is 6.65. The predicted octanol–water partition coefficient (Wildman–Crippen LogP) is 4.05. The molecule has 1 aromatic carbocycles. The molecule has 2 heteroatoms. The predicted molar refractivity (Wildman–Crippen MR) is 83.1 cm³/mol. The van der Waals surface area contributed by atoms with Gasteiger partial charge in [0.25, 0.3) is 0 Å². The molecule has 106 valence electrons. The standard InChI is InChI=1S/C17H27NO/c1-6-9-18-11-14(4)12-19-16-7-8-17(13(2)3)15(5)10-16/h7-8,10,13,18H,4,6,9,11-12H2,1-3,5H3. The molecule has 2 nitrogen and oxygen atoms in total. The fourth-order valence-corrected chi connectivity index (χ4v) is 2.06. The highest BCUT2D eigenvalue weighted by Crippen LogP contribution is 2.23. The third-order valence-electron chi connectivity index (χ3n) is 3.11. The number of ether oxygens (including phenoxy) is 1. The minimum Gasteiger partial charge on any atom is -0.489 e. The topological polar surface area (TPSA) is 21.3 Å². The van der Waals surface area contributed by atoms with E-state index in [4.69, 9.17) is 4.74 Å². The Bertz CT molecular complexity index is 410. The maximum Gasteiger partial charge on any atom is 0.120 e. The molecule has 0 spiro atoms. The molecular weight excluding hydrogens is 234 g/mol. The number of benzene rings is 1. The molecule has 0 aromatic heterocycles. The molecule has 0 aliphatic heterocycles. The van der Waals surface area contributed by atoms with Gasteiger partial charge in [-0.1, -0.05) is 33.4 Å². The van der Waals surface area contributed by atoms with Gasteiger partial charge in [0.05, 0.1) is 0 Å². The highest BCUT2D eigenvalue weighted by Gasteiger charge is 2.05. The number of nitrogens with one attached hydrogen (secondary N) is 1. The van der Waals surface area contributed by atoms with Gasteiger partial charge in [-0.15, -0.1) is 0 Å². The molecule has 0 bridgehead atoms. The van der Waals surface area contributed by atoms with E-state index in [9.17, 15) is 0 Å². The van der Waals surface area contributed by atoms with Crippen LogP contribution in [-0.2, 0) is 0 Å². The summed E-state index contributed by atoms with van der Waals surface area (Å²) in [7, 11) is 0. The second kappa shape index (κ2) is 8.00. The van der Waals surface area contributed by atoms with Crippen molar-refractivity contribution in [1.82, 2.24) is 5.32 Å². The minimum absolute atomic E-state index is 0.558. The molecule has 0 saturated carbocycles. The maximum atomic E-state index is 5.77. The molecule has 0 saturated heterocycles. The Labute approximate surface area is 117 Å². The molecule has 0 heterocycles. The largest absolute Gasteiger partial charge is 0.489 e. The second-order valence-corrected chi connectivity index (χ2v) is 5.39. The monoisotopic (exact) mass is 261 g/mol. The van der Waals surface area contributed by atoms with Gasteiger partial charge in [-0.3, -0.25) is 0 Å². The molecule has 0 radical (unpaired) electrons. The van der Waals surface area contributed by atoms with Gasteiger partial charge in [0.15, 0.2) is 0 Å². The third kappa shape index (κ3) is 5.48. The van der Waals surface area contributed by atoms with Crippen LogP contribution in [0.5, 0.6) is 5.75 Å². The van der Waals surface area contributed by atoms with E-state index >= 15 is 0 Å². The second-order valence-electron chi connectivity index (χ2n) is 5.39. The van der Waals surface area contributed by atoms with Crippen LogP contribution in [0.2, 0.25) is 0 Å². The lowest BCUT2D eigenvalue weighted by molar-refractivity contribution is 0.348. The molecule has 0 unspecified atom stereocenters. The van der Waals surface area contributed by atoms with Crippen LogP contribution >= 0.6 is 0 Å². The SMILES string of the molecule is C=C(CNCCC)COc1ccc(C(C)C)c(C)c1. The van der Waals surface area contributed by atoms with E-state index < -0.39 is 0 Å². The van der Waals surface area contributed by atoms with Crippen LogP contribution in [0.3, 0.4) is 0 Å². The van der Waals surface area contributed by atoms with Gasteiger partial charge in [-0.2, -0.15) is 0 Å². The molecule has 1 aromatic rings. The van der Waals surface area contributed by atoms with Crippen LogP contribution < -0.4 is 10.1 Å². The van der Waals surface area contributed by atoms with Crippen LogP contribution in [0.15, 0.2) is 30.4 Å². The Hall–Kier alpha value is -1.28. The van der Waals surface area contributed by atoms with Crippen molar-refractivity contribution >= 4 is 0 Å². The average molecular weight is 261 g/mol. The van der Waals surface area contributed by atoms with E-state index in [0.29, 0.717) is 12.5 Å². The van der Waals surface area contributed by atoms with Crippen LogP contribution in [0.1, 0.15) is 44.2 Å². The molecule has 1 N–H and O–H groups in total. The number of aryl methyl sites for hydroxylation is 1. The van der Waals surface area contributed by atoms with Crippen LogP contribution in [-0.4, -0.2) is 19.7 Å². The first-order valence-corrected chi connectivity index (χ1v) is 7.15. The van der Waals surface area contributed by atoms with Crippen molar-refractivity contribution in [3.05, 3.63) is 41.5 Å². The smallest absolute Gasteiger partial charge is 0.120 e. The van der Waals surface area contributed by atoms with Crippen molar-refractivity contribution in [3.63, 3.8) is 0 Å². The van der Waals surface area contributed by atoms with Crippen molar-refractivity contribution in [2.24, 2.45) is 0 Å². The number of hydrogen-bond donors (Lipinski definition) is 1. The maximum absolute atomic E-state index is 5.77. The lowest BCUT2D eigenvalue weighted by Crippen LogP contribution is -2.20. The van der Waals surface area contributed by atoms with E-state index in [1.54, 1.807) is 0 Å². The fourth-order valence-electron chi connectivity index (χ4n) is 2.06. The zero-order chi connectivity index (χ0) is 14.3. The van der Waals surface area contributed by atoms with E-state index in [1.165, 1.54) is 11.1 Å². The van der Waals surface area contributed by atoms with Crippen molar-refractivity contribution in [2.45, 2.75) is 40.0 Å². The summed E-state index contributed by atoms with van der Waals surface area (Å²) in [6.07, 6.45) is 1.14. The fraction of sp³-hybridized carbons (Fsp3) is 0.529. The van der Waals surface area contributed by atoms with Gasteiger partial charge < -0.3 is 10.1 Å². The van der Waals surface area contributed by atoms with Gasteiger partial charge in [0.2, 0.25) is 0 Å². The first kappa shape index (κ1) is 15.8. The van der Waals surface area contributed by atoms with Crippen molar-refractivity contribution in [2.75, 3.05) is 19.7 Å². The number of rotatable bonds is 8. The summed E-state index contributed by atoms with van der Waals surface area (Å²) in [5.41, 5.74) is 3.76. The summed E-state index contributed by atoms with van der Waals surface area (Å²) < 4.78 is 5.77. The zero-order valence-corrected chi connectivity index (χ0v) is 12.8. The van der Waals surface area contributed by atoms with Crippen LogP contribution in [0.4, 0.5) is 0 Å². The third-order valence-corrected chi connectivity index (χ3v) is 3.11. The summed E-state index contributed by atoms with van der Waals surface area (Å²) in [5.74, 6) is 1.49. The molecule has 0 fully saturated rings. The van der Waals surface area contributed by atoms with Crippen LogP contribution in [0.25, 0.3) is 0 Å². The van der Waals surface area contributed by atoms with Crippen molar-refractivity contribution < 1.29 is 4.74 Å². The molecule has 19 heavy (non-hydrogen) atoms. The Morgan fingerprint density at radius 2 is 2.11 bits per heavy atom. The Morgan fingerprint density at radius 1 is 1.37 bits per heavy atom. The minimum atomic E-state index is 0.558. The van der Waals surface area contributed by atoms with Crippen LogP contribution in [0, 0.1) is 6.92 Å². The summed E-state index contributed by atoms with van der Waals surface area (Å²) >= 11 is 0. The summed E-state index contributed by atoms with van der Waals surface area (Å²) in [5, 5.41) is 3.33. The molecule has 0 aliphatic carbocycles. The van der Waals surface area contributed by atoms with E-state index in [0.717, 1.165) is 30.8 Å². The van der Waals surface area contributed by atoms with E-state index in [-0.39, 0.29) is 0 Å². The van der Waals surface area contributed by atoms with Gasteiger partial charge in [-0.25, -0.2) is 0 Å². The average Bonchev–Trinajstić information content (AvgIpc) is 2.36. The zero-order valence-electron chi connectivity index (χ0n) is 12.8. The summed E-state index contributed by atoms with van der Waals surface area (Å²) in [4.78, 5) is 0. The van der Waals surface area contributed by atoms with E-state index in [1.807, 2.05) is 0 Å². The Balaban J connectivity index is 2.45. The molecule has 0 aliphatic rings. The van der Waals surface area contributed by atoms with Gasteiger partial charge >= 0.3 is 0 Å². The lowest BCUT2D eigenvalue weighted by Gasteiger charge is -2.13.